The minimum atomic E-state index is -3.11. The smallest absolute Gasteiger partial charge is 0.283 e. The lowest BCUT2D eigenvalue weighted by molar-refractivity contribution is -0.0819. The fraction of sp³-hybridized carbons (Fsp3) is 0.455. The molecule has 2 N–H and O–H groups in total. The van der Waals surface area contributed by atoms with Crippen molar-refractivity contribution in [3.8, 4) is 0 Å². The highest BCUT2D eigenvalue weighted by Crippen LogP contribution is 2.31. The predicted octanol–water partition coefficient (Wildman–Crippen LogP) is 5.75. The van der Waals surface area contributed by atoms with Crippen molar-refractivity contribution < 1.29 is 22.7 Å². The Morgan fingerprint density at radius 2 is 2.03 bits per heavy atom. The van der Waals surface area contributed by atoms with E-state index in [2.05, 4.69) is 11.6 Å². The van der Waals surface area contributed by atoms with Gasteiger partial charge in [0.25, 0.3) is 5.92 Å². The summed E-state index contributed by atoms with van der Waals surface area (Å²) in [6.07, 6.45) is 3.49. The molecule has 0 saturated heterocycles. The Kier molecular flexibility index (Phi) is 9.59. The van der Waals surface area contributed by atoms with Crippen molar-refractivity contribution in [1.29, 1.82) is 0 Å². The van der Waals surface area contributed by atoms with Gasteiger partial charge in [-0.15, -0.1) is 0 Å². The van der Waals surface area contributed by atoms with E-state index in [1.165, 1.54) is 18.2 Å². The first-order chi connectivity index (χ1) is 13.7. The highest BCUT2D eigenvalue weighted by Gasteiger charge is 2.35. The first kappa shape index (κ1) is 24.9. The first-order valence-electron chi connectivity index (χ1n) is 9.65. The Labute approximate surface area is 169 Å². The van der Waals surface area contributed by atoms with Gasteiger partial charge < -0.3 is 10.1 Å². The molecule has 1 aliphatic rings. The number of aromatic amines is 1. The molecule has 0 spiro atoms. The van der Waals surface area contributed by atoms with Crippen molar-refractivity contribution in [2.45, 2.75) is 52.6 Å². The van der Waals surface area contributed by atoms with Crippen LogP contribution in [0.5, 0.6) is 0 Å². The van der Waals surface area contributed by atoms with Crippen molar-refractivity contribution in [2.24, 2.45) is 0 Å². The van der Waals surface area contributed by atoms with E-state index in [4.69, 9.17) is 5.11 Å². The summed E-state index contributed by atoms with van der Waals surface area (Å²) < 4.78 is 51.6. The van der Waals surface area contributed by atoms with Crippen LogP contribution in [-0.4, -0.2) is 40.1 Å². The number of nitrogens with one attached hydrogen (secondary N) is 1. The normalized spacial score (nSPS) is 16.7. The number of rotatable bonds is 4. The molecule has 1 atom stereocenters. The number of hydrogen-bond donors (Lipinski definition) is 2. The van der Waals surface area contributed by atoms with Crippen molar-refractivity contribution in [1.82, 2.24) is 9.88 Å². The molecule has 1 aliphatic heterocycles. The lowest BCUT2D eigenvalue weighted by Crippen LogP contribution is -2.46. The molecule has 1 aromatic carbocycles. The molecule has 0 unspecified atom stereocenters. The van der Waals surface area contributed by atoms with Gasteiger partial charge in [0.05, 0.1) is 6.54 Å². The molecule has 162 valence electrons. The van der Waals surface area contributed by atoms with Gasteiger partial charge in [0.2, 0.25) is 0 Å². The van der Waals surface area contributed by atoms with E-state index >= 15 is 0 Å². The standard InChI is InChI=1S/C15H17F3N2O.C5H7F.C2H6/c1-9-4-11-12-5-10(16)2-3-13(12)19-14(11)6-20(9)7-15(17,18)8-21;1-3-4-5(2)6;1-2/h2-3,5,9,19,21H,4,6-8H2,1H3;3-4H,2H2,1H3;1-2H3/b;4-3+;/t9-;;/m1../s1. The molecule has 7 heteroatoms. The van der Waals surface area contributed by atoms with Crippen LogP contribution in [-0.2, 0) is 13.0 Å². The maximum atomic E-state index is 13.4. The molecule has 0 saturated carbocycles. The van der Waals surface area contributed by atoms with Gasteiger partial charge in [-0.3, -0.25) is 4.90 Å². The minimum absolute atomic E-state index is 0.0859. The lowest BCUT2D eigenvalue weighted by atomic mass is 9.97. The topological polar surface area (TPSA) is 39.3 Å². The van der Waals surface area contributed by atoms with Crippen LogP contribution >= 0.6 is 0 Å². The molecular weight excluding hydrogens is 384 g/mol. The highest BCUT2D eigenvalue weighted by atomic mass is 19.3. The van der Waals surface area contributed by atoms with Crippen LogP contribution in [0.2, 0.25) is 0 Å². The second-order valence-electron chi connectivity index (χ2n) is 6.69. The fourth-order valence-electron chi connectivity index (χ4n) is 3.17. The SMILES string of the molecule is C=C(F)/C=C/C.CC.C[C@@H]1Cc2c([nH]c3ccc(F)cc23)CN1CC(F)(F)CO. The van der Waals surface area contributed by atoms with Crippen LogP contribution in [0.4, 0.5) is 17.6 Å². The molecule has 0 bridgehead atoms. The van der Waals surface area contributed by atoms with Gasteiger partial charge in [0, 0.05) is 29.2 Å². The minimum Gasteiger partial charge on any atom is -0.390 e. The van der Waals surface area contributed by atoms with Crippen LogP contribution in [0.25, 0.3) is 10.9 Å². The number of alkyl halides is 2. The molecule has 2 aromatic rings. The lowest BCUT2D eigenvalue weighted by Gasteiger charge is -2.35. The van der Waals surface area contributed by atoms with Gasteiger partial charge in [-0.05, 0) is 50.1 Å². The number of halogens is 4. The van der Waals surface area contributed by atoms with Gasteiger partial charge in [-0.1, -0.05) is 26.5 Å². The number of benzene rings is 1. The summed E-state index contributed by atoms with van der Waals surface area (Å²) in [5, 5.41) is 9.55. The van der Waals surface area contributed by atoms with Crippen molar-refractivity contribution in [3.63, 3.8) is 0 Å². The summed E-state index contributed by atoms with van der Waals surface area (Å²) in [6, 6.07) is 4.44. The second-order valence-corrected chi connectivity index (χ2v) is 6.69. The molecule has 0 radical (unpaired) electrons. The molecule has 0 amide bonds. The van der Waals surface area contributed by atoms with Gasteiger partial charge >= 0.3 is 0 Å². The summed E-state index contributed by atoms with van der Waals surface area (Å²) in [5.41, 5.74) is 2.67. The van der Waals surface area contributed by atoms with Crippen molar-refractivity contribution >= 4 is 10.9 Å². The van der Waals surface area contributed by atoms with Gasteiger partial charge in [-0.2, -0.15) is 0 Å². The number of allylic oxidation sites excluding steroid dienone is 3. The molecule has 29 heavy (non-hydrogen) atoms. The van der Waals surface area contributed by atoms with E-state index in [9.17, 15) is 17.6 Å². The number of H-pyrrole nitrogens is 1. The zero-order chi connectivity index (χ0) is 22.2. The Morgan fingerprint density at radius 3 is 2.55 bits per heavy atom. The molecule has 0 aliphatic carbocycles. The van der Waals surface area contributed by atoms with E-state index in [-0.39, 0.29) is 11.9 Å². The predicted molar refractivity (Wildman–Crippen MR) is 110 cm³/mol. The van der Waals surface area contributed by atoms with Crippen LogP contribution in [0.15, 0.2) is 42.8 Å². The molecule has 1 aromatic heterocycles. The average Bonchev–Trinajstić information content (AvgIpc) is 3.00. The zero-order valence-corrected chi connectivity index (χ0v) is 17.4. The van der Waals surface area contributed by atoms with E-state index in [1.807, 2.05) is 20.8 Å². The quantitative estimate of drug-likeness (QED) is 0.494. The molecule has 3 nitrogen and oxygen atoms in total. The van der Waals surface area contributed by atoms with Gasteiger partial charge in [0.15, 0.2) is 0 Å². The summed E-state index contributed by atoms with van der Waals surface area (Å²) >= 11 is 0. The molecular formula is C22H30F4N2O. The van der Waals surface area contributed by atoms with Crippen LogP contribution in [0.1, 0.15) is 39.0 Å². The number of aromatic nitrogens is 1. The maximum absolute atomic E-state index is 13.4. The van der Waals surface area contributed by atoms with Crippen LogP contribution < -0.4 is 0 Å². The second kappa shape index (κ2) is 11.2. The average molecular weight is 414 g/mol. The first-order valence-corrected chi connectivity index (χ1v) is 9.65. The number of aliphatic hydroxyl groups is 1. The highest BCUT2D eigenvalue weighted by molar-refractivity contribution is 5.85. The molecule has 0 fully saturated rings. The monoisotopic (exact) mass is 414 g/mol. The zero-order valence-electron chi connectivity index (χ0n) is 17.4. The van der Waals surface area contributed by atoms with E-state index in [0.29, 0.717) is 13.0 Å². The van der Waals surface area contributed by atoms with Crippen molar-refractivity contribution in [2.75, 3.05) is 13.2 Å². The van der Waals surface area contributed by atoms with Crippen molar-refractivity contribution in [3.05, 3.63) is 59.8 Å². The molecule has 2 heterocycles. The van der Waals surface area contributed by atoms with E-state index in [0.717, 1.165) is 22.2 Å². The maximum Gasteiger partial charge on any atom is 0.283 e. The van der Waals surface area contributed by atoms with E-state index in [1.54, 1.807) is 24.0 Å². The van der Waals surface area contributed by atoms with Crippen LogP contribution in [0.3, 0.4) is 0 Å². The largest absolute Gasteiger partial charge is 0.390 e. The number of fused-ring (bicyclic) bond motifs is 3. The van der Waals surface area contributed by atoms with Gasteiger partial charge in [-0.25, -0.2) is 17.6 Å². The summed E-state index contributed by atoms with van der Waals surface area (Å²) in [5.74, 6) is -3.80. The Balaban J connectivity index is 0.000000454. The Hall–Kier alpha value is -2.12. The summed E-state index contributed by atoms with van der Waals surface area (Å²) in [7, 11) is 0. The van der Waals surface area contributed by atoms with E-state index < -0.39 is 24.9 Å². The molecule has 3 rings (SSSR count). The summed E-state index contributed by atoms with van der Waals surface area (Å²) in [6.45, 7) is 9.32. The Morgan fingerprint density at radius 1 is 1.38 bits per heavy atom. The Bertz CT molecular complexity index is 830. The van der Waals surface area contributed by atoms with Gasteiger partial charge in [0.1, 0.15) is 18.3 Å². The number of nitrogens with zero attached hydrogens (tertiary/aromatic N) is 1. The third kappa shape index (κ3) is 7.01. The fourth-order valence-corrected chi connectivity index (χ4v) is 3.17. The third-order valence-corrected chi connectivity index (χ3v) is 4.45. The third-order valence-electron chi connectivity index (χ3n) is 4.45. The number of aliphatic hydroxyl groups excluding tert-OH is 1. The van der Waals surface area contributed by atoms with Crippen LogP contribution in [0, 0.1) is 5.82 Å². The summed E-state index contributed by atoms with van der Waals surface area (Å²) in [4.78, 5) is 4.82. The number of hydrogen-bond acceptors (Lipinski definition) is 2.